The van der Waals surface area contributed by atoms with Gasteiger partial charge in [-0.3, -0.25) is 9.59 Å². The van der Waals surface area contributed by atoms with Gasteiger partial charge in [0.15, 0.2) is 6.61 Å². The zero-order chi connectivity index (χ0) is 22.6. The molecule has 2 rings (SSSR count). The Morgan fingerprint density at radius 2 is 1.81 bits per heavy atom. The second kappa shape index (κ2) is 12.1. The molecule has 2 amide bonds. The van der Waals surface area contributed by atoms with Gasteiger partial charge in [0.1, 0.15) is 11.8 Å². The van der Waals surface area contributed by atoms with E-state index in [0.29, 0.717) is 16.9 Å². The highest BCUT2D eigenvalue weighted by atomic mass is 16.6. The molecule has 8 heteroatoms. The van der Waals surface area contributed by atoms with Gasteiger partial charge in [0.2, 0.25) is 0 Å². The second-order valence-electron chi connectivity index (χ2n) is 6.96. The molecule has 1 atom stereocenters. The number of rotatable bonds is 10. The second-order valence-corrected chi connectivity index (χ2v) is 6.96. The fraction of sp³-hybridized carbons (Fsp3) is 0.304. The van der Waals surface area contributed by atoms with E-state index in [0.717, 1.165) is 0 Å². The van der Waals surface area contributed by atoms with E-state index in [1.807, 2.05) is 19.9 Å². The quantitative estimate of drug-likeness (QED) is 0.346. The van der Waals surface area contributed by atoms with Gasteiger partial charge in [-0.05, 0) is 42.7 Å². The minimum Gasteiger partial charge on any atom is -0.482 e. The van der Waals surface area contributed by atoms with Gasteiger partial charge in [-0.1, -0.05) is 44.2 Å². The lowest BCUT2D eigenvalue weighted by Gasteiger charge is -2.20. The van der Waals surface area contributed by atoms with Crippen LogP contribution >= 0.6 is 0 Å². The average Bonchev–Trinajstić information content (AvgIpc) is 2.76. The summed E-state index contributed by atoms with van der Waals surface area (Å²) in [4.78, 5) is 36.3. The number of nitrogens with one attached hydrogen (secondary N) is 2. The number of nitrogens with zero attached hydrogens (tertiary/aromatic N) is 1. The summed E-state index contributed by atoms with van der Waals surface area (Å²) < 4.78 is 10.2. The van der Waals surface area contributed by atoms with Gasteiger partial charge in [0.25, 0.3) is 11.8 Å². The Labute approximate surface area is 181 Å². The highest BCUT2D eigenvalue weighted by molar-refractivity contribution is 5.97. The topological polar surface area (TPSA) is 106 Å². The van der Waals surface area contributed by atoms with Crippen molar-refractivity contribution in [2.45, 2.75) is 26.8 Å². The Balaban J connectivity index is 1.94. The first-order valence-electron chi connectivity index (χ1n) is 9.98. The maximum Gasteiger partial charge on any atom is 0.344 e. The van der Waals surface area contributed by atoms with Crippen molar-refractivity contribution in [3.63, 3.8) is 0 Å². The molecule has 0 heterocycles. The summed E-state index contributed by atoms with van der Waals surface area (Å²) in [5, 5.41) is 6.71. The molecule has 2 N–H and O–H groups in total. The minimum atomic E-state index is -0.746. The minimum absolute atomic E-state index is 0.137. The van der Waals surface area contributed by atoms with Crippen molar-refractivity contribution in [3.05, 3.63) is 65.7 Å². The number of ether oxygens (including phenoxy) is 2. The Morgan fingerprint density at radius 1 is 1.06 bits per heavy atom. The van der Waals surface area contributed by atoms with Crippen molar-refractivity contribution in [1.82, 2.24) is 10.7 Å². The summed E-state index contributed by atoms with van der Waals surface area (Å²) in [5.74, 6) is -0.873. The van der Waals surface area contributed by atoms with Crippen molar-refractivity contribution in [3.8, 4) is 5.75 Å². The molecule has 0 saturated heterocycles. The number of amides is 2. The van der Waals surface area contributed by atoms with Gasteiger partial charge >= 0.3 is 5.97 Å². The van der Waals surface area contributed by atoms with Gasteiger partial charge in [0.05, 0.1) is 12.8 Å². The molecule has 0 fully saturated rings. The largest absolute Gasteiger partial charge is 0.482 e. The first-order valence-corrected chi connectivity index (χ1v) is 9.98. The van der Waals surface area contributed by atoms with Crippen LogP contribution in [0.1, 0.15) is 36.7 Å². The zero-order valence-electron chi connectivity index (χ0n) is 17.8. The molecule has 31 heavy (non-hydrogen) atoms. The van der Waals surface area contributed by atoms with Crippen LogP contribution in [0.2, 0.25) is 0 Å². The van der Waals surface area contributed by atoms with Crippen LogP contribution in [0.15, 0.2) is 59.7 Å². The molecule has 0 aliphatic rings. The fourth-order valence-electron chi connectivity index (χ4n) is 2.62. The van der Waals surface area contributed by atoms with E-state index in [-0.39, 0.29) is 25.0 Å². The molecule has 164 valence electrons. The monoisotopic (exact) mass is 425 g/mol. The molecule has 0 aliphatic carbocycles. The maximum absolute atomic E-state index is 12.5. The van der Waals surface area contributed by atoms with Crippen LogP contribution in [0, 0.1) is 5.92 Å². The summed E-state index contributed by atoms with van der Waals surface area (Å²) >= 11 is 0. The van der Waals surface area contributed by atoms with Crippen LogP contribution in [-0.2, 0) is 14.3 Å². The van der Waals surface area contributed by atoms with Crippen LogP contribution in [0.4, 0.5) is 0 Å². The average molecular weight is 425 g/mol. The van der Waals surface area contributed by atoms with Gasteiger partial charge in [-0.25, -0.2) is 10.2 Å². The Morgan fingerprint density at radius 3 is 2.48 bits per heavy atom. The lowest BCUT2D eigenvalue weighted by atomic mass is 10.0. The SMILES string of the molecule is CCOC(=O)COc1cccc(/C=N/NC(=O)C(NC(=O)c2ccccc2)C(C)C)c1. The normalized spacial score (nSPS) is 11.7. The number of esters is 1. The molecule has 0 radical (unpaired) electrons. The lowest BCUT2D eigenvalue weighted by Crippen LogP contribution is -2.48. The van der Waals surface area contributed by atoms with Crippen LogP contribution in [0.25, 0.3) is 0 Å². The van der Waals surface area contributed by atoms with E-state index in [2.05, 4.69) is 15.8 Å². The number of hydrazone groups is 1. The van der Waals surface area contributed by atoms with Crippen molar-refractivity contribution in [2.75, 3.05) is 13.2 Å². The fourth-order valence-corrected chi connectivity index (χ4v) is 2.62. The molecular formula is C23H27N3O5. The number of benzene rings is 2. The summed E-state index contributed by atoms with van der Waals surface area (Å²) in [7, 11) is 0. The standard InChI is InChI=1S/C23H27N3O5/c1-4-30-20(27)15-31-19-12-8-9-17(13-19)14-24-26-23(29)21(16(2)3)25-22(28)18-10-6-5-7-11-18/h5-14,16,21H,4,15H2,1-3H3,(H,25,28)(H,26,29)/b24-14+. The first kappa shape index (κ1) is 23.6. The molecule has 0 aliphatic heterocycles. The highest BCUT2D eigenvalue weighted by Crippen LogP contribution is 2.12. The first-order chi connectivity index (χ1) is 14.9. The van der Waals surface area contributed by atoms with Gasteiger partial charge < -0.3 is 14.8 Å². The summed E-state index contributed by atoms with van der Waals surface area (Å²) in [6.07, 6.45) is 1.45. The summed E-state index contributed by atoms with van der Waals surface area (Å²) in [5.41, 5.74) is 3.60. The third kappa shape index (κ3) is 7.93. The van der Waals surface area contributed by atoms with Crippen molar-refractivity contribution < 1.29 is 23.9 Å². The van der Waals surface area contributed by atoms with E-state index in [1.54, 1.807) is 55.5 Å². The molecule has 0 bridgehead atoms. The molecule has 0 saturated carbocycles. The van der Waals surface area contributed by atoms with Gasteiger partial charge in [0, 0.05) is 5.56 Å². The lowest BCUT2D eigenvalue weighted by molar-refractivity contribution is -0.145. The number of carbonyl (C=O) groups is 3. The van der Waals surface area contributed by atoms with E-state index in [4.69, 9.17) is 9.47 Å². The zero-order valence-corrected chi connectivity index (χ0v) is 17.8. The van der Waals surface area contributed by atoms with Crippen LogP contribution in [-0.4, -0.2) is 43.3 Å². The number of hydrogen-bond donors (Lipinski definition) is 2. The predicted octanol–water partition coefficient (Wildman–Crippen LogP) is 2.53. The van der Waals surface area contributed by atoms with Gasteiger partial charge in [-0.15, -0.1) is 0 Å². The van der Waals surface area contributed by atoms with Crippen LogP contribution in [0.3, 0.4) is 0 Å². The third-order valence-corrected chi connectivity index (χ3v) is 4.18. The smallest absolute Gasteiger partial charge is 0.344 e. The highest BCUT2D eigenvalue weighted by Gasteiger charge is 2.24. The third-order valence-electron chi connectivity index (χ3n) is 4.18. The Kier molecular flexibility index (Phi) is 9.22. The predicted molar refractivity (Wildman–Crippen MR) is 117 cm³/mol. The van der Waals surface area contributed by atoms with E-state index in [1.165, 1.54) is 6.21 Å². The van der Waals surface area contributed by atoms with Crippen LogP contribution in [0.5, 0.6) is 5.75 Å². The Hall–Kier alpha value is -3.68. The summed E-state index contributed by atoms with van der Waals surface area (Å²) in [6, 6.07) is 14.8. The number of hydrogen-bond acceptors (Lipinski definition) is 6. The molecule has 8 nitrogen and oxygen atoms in total. The van der Waals surface area contributed by atoms with Crippen molar-refractivity contribution >= 4 is 24.0 Å². The van der Waals surface area contributed by atoms with Crippen LogP contribution < -0.4 is 15.5 Å². The molecule has 0 aromatic heterocycles. The molecular weight excluding hydrogens is 398 g/mol. The van der Waals surface area contributed by atoms with E-state index in [9.17, 15) is 14.4 Å². The molecule has 2 aromatic rings. The molecule has 1 unspecified atom stereocenters. The summed E-state index contributed by atoms with van der Waals surface area (Å²) in [6.45, 7) is 5.49. The van der Waals surface area contributed by atoms with Crippen molar-refractivity contribution in [2.24, 2.45) is 11.0 Å². The molecule has 2 aromatic carbocycles. The Bertz CT molecular complexity index is 912. The van der Waals surface area contributed by atoms with Gasteiger partial charge in [-0.2, -0.15) is 5.10 Å². The van der Waals surface area contributed by atoms with E-state index >= 15 is 0 Å². The number of carbonyl (C=O) groups excluding carboxylic acids is 3. The van der Waals surface area contributed by atoms with E-state index < -0.39 is 17.9 Å². The maximum atomic E-state index is 12.5. The van der Waals surface area contributed by atoms with Crippen molar-refractivity contribution in [1.29, 1.82) is 0 Å². The molecule has 0 spiro atoms.